The van der Waals surface area contributed by atoms with Crippen LogP contribution in [0.2, 0.25) is 5.02 Å². The van der Waals surface area contributed by atoms with Crippen LogP contribution in [0.1, 0.15) is 25.2 Å². The molecule has 29 heavy (non-hydrogen) atoms. The smallest absolute Gasteiger partial charge is 0.258 e. The predicted molar refractivity (Wildman–Crippen MR) is 108 cm³/mol. The highest BCUT2D eigenvalue weighted by atomic mass is 35.5. The van der Waals surface area contributed by atoms with Crippen LogP contribution in [-0.2, 0) is 6.54 Å². The third kappa shape index (κ3) is 3.25. The number of nitrogens with zero attached hydrogens (tertiary/aromatic N) is 7. The summed E-state index contributed by atoms with van der Waals surface area (Å²) in [5.74, 6) is 2.70. The van der Waals surface area contributed by atoms with E-state index in [0.29, 0.717) is 16.7 Å². The zero-order valence-electron chi connectivity index (χ0n) is 15.7. The third-order valence-electron chi connectivity index (χ3n) is 5.06. The second kappa shape index (κ2) is 7.29. The van der Waals surface area contributed by atoms with E-state index in [9.17, 15) is 0 Å². The standard InChI is InChI=1S/C20H18ClN7O/c1-13(17-23-19(29-26-17)15-4-2-5-16(21)12-15)27-10-3-11-28-18(24-25-20(27)28)14-6-8-22-9-7-14/h2,4-9,12-13H,3,10-11H2,1H3/t13-/m1/s1. The number of hydrogen-bond acceptors (Lipinski definition) is 7. The SMILES string of the molecule is C[C@H](c1noc(-c2cccc(Cl)c2)n1)N1CCCn2c(-c3ccncc3)nnc21. The van der Waals surface area contributed by atoms with E-state index in [1.165, 1.54) is 0 Å². The number of aromatic nitrogens is 6. The van der Waals surface area contributed by atoms with Gasteiger partial charge < -0.3 is 9.42 Å². The van der Waals surface area contributed by atoms with Crippen LogP contribution in [-0.4, -0.2) is 36.4 Å². The molecule has 5 rings (SSSR count). The van der Waals surface area contributed by atoms with Gasteiger partial charge in [-0.15, -0.1) is 10.2 Å². The molecule has 1 aromatic carbocycles. The number of anilines is 1. The van der Waals surface area contributed by atoms with Crippen LogP contribution in [0.15, 0.2) is 53.3 Å². The van der Waals surface area contributed by atoms with Gasteiger partial charge in [-0.3, -0.25) is 9.55 Å². The topological polar surface area (TPSA) is 85.8 Å². The van der Waals surface area contributed by atoms with Crippen molar-refractivity contribution in [3.8, 4) is 22.8 Å². The molecule has 4 aromatic rings. The van der Waals surface area contributed by atoms with E-state index >= 15 is 0 Å². The lowest BCUT2D eigenvalue weighted by Crippen LogP contribution is -2.35. The largest absolute Gasteiger partial charge is 0.334 e. The lowest BCUT2D eigenvalue weighted by atomic mass is 10.2. The lowest BCUT2D eigenvalue weighted by Gasteiger charge is -2.32. The first-order valence-electron chi connectivity index (χ1n) is 9.40. The van der Waals surface area contributed by atoms with E-state index in [-0.39, 0.29) is 6.04 Å². The van der Waals surface area contributed by atoms with Gasteiger partial charge in [0, 0.05) is 41.6 Å². The summed E-state index contributed by atoms with van der Waals surface area (Å²) in [4.78, 5) is 10.8. The number of hydrogen-bond donors (Lipinski definition) is 0. The Balaban J connectivity index is 1.45. The molecular weight excluding hydrogens is 390 g/mol. The molecule has 1 atom stereocenters. The Morgan fingerprint density at radius 3 is 2.76 bits per heavy atom. The Kier molecular flexibility index (Phi) is 4.48. The Labute approximate surface area is 172 Å². The summed E-state index contributed by atoms with van der Waals surface area (Å²) in [6.07, 6.45) is 4.50. The minimum atomic E-state index is -0.111. The maximum absolute atomic E-state index is 6.07. The van der Waals surface area contributed by atoms with E-state index in [2.05, 4.69) is 34.8 Å². The molecular formula is C20H18ClN7O. The summed E-state index contributed by atoms with van der Waals surface area (Å²) in [6.45, 7) is 3.75. The molecule has 3 aromatic heterocycles. The normalized spacial score (nSPS) is 14.6. The Bertz CT molecular complexity index is 1140. The van der Waals surface area contributed by atoms with Crippen molar-refractivity contribution in [2.45, 2.75) is 25.9 Å². The maximum Gasteiger partial charge on any atom is 0.258 e. The third-order valence-corrected chi connectivity index (χ3v) is 5.30. The summed E-state index contributed by atoms with van der Waals surface area (Å²) in [5, 5.41) is 13.7. The molecule has 0 aliphatic carbocycles. The maximum atomic E-state index is 6.07. The van der Waals surface area contributed by atoms with Gasteiger partial charge in [0.25, 0.3) is 5.89 Å². The number of fused-ring (bicyclic) bond motifs is 1. The lowest BCUT2D eigenvalue weighted by molar-refractivity contribution is 0.411. The van der Waals surface area contributed by atoms with Crippen LogP contribution >= 0.6 is 11.6 Å². The molecule has 9 heteroatoms. The fraction of sp³-hybridized carbons (Fsp3) is 0.250. The molecule has 0 bridgehead atoms. The first-order chi connectivity index (χ1) is 14.2. The molecule has 4 heterocycles. The molecule has 0 N–H and O–H groups in total. The van der Waals surface area contributed by atoms with E-state index in [1.807, 2.05) is 43.3 Å². The number of pyridine rings is 1. The van der Waals surface area contributed by atoms with E-state index in [4.69, 9.17) is 16.1 Å². The van der Waals surface area contributed by atoms with Crippen LogP contribution in [0.5, 0.6) is 0 Å². The monoisotopic (exact) mass is 407 g/mol. The molecule has 0 radical (unpaired) electrons. The van der Waals surface area contributed by atoms with Crippen molar-refractivity contribution in [1.29, 1.82) is 0 Å². The minimum Gasteiger partial charge on any atom is -0.334 e. The Morgan fingerprint density at radius 2 is 1.93 bits per heavy atom. The minimum absolute atomic E-state index is 0.111. The van der Waals surface area contributed by atoms with E-state index in [0.717, 1.165) is 42.4 Å². The first kappa shape index (κ1) is 17.8. The Morgan fingerprint density at radius 1 is 1.07 bits per heavy atom. The summed E-state index contributed by atoms with van der Waals surface area (Å²) in [7, 11) is 0. The second-order valence-electron chi connectivity index (χ2n) is 6.90. The van der Waals surface area contributed by atoms with Crippen molar-refractivity contribution in [3.63, 3.8) is 0 Å². The molecule has 0 saturated heterocycles. The van der Waals surface area contributed by atoms with Crippen LogP contribution in [0.3, 0.4) is 0 Å². The van der Waals surface area contributed by atoms with Gasteiger partial charge in [0.15, 0.2) is 11.6 Å². The van der Waals surface area contributed by atoms with Gasteiger partial charge in [-0.2, -0.15) is 4.98 Å². The molecule has 0 amide bonds. The highest BCUT2D eigenvalue weighted by Crippen LogP contribution is 2.32. The number of benzene rings is 1. The molecule has 8 nitrogen and oxygen atoms in total. The molecule has 1 aliphatic rings. The molecule has 0 spiro atoms. The zero-order chi connectivity index (χ0) is 19.8. The fourth-order valence-electron chi connectivity index (χ4n) is 3.58. The van der Waals surface area contributed by atoms with Crippen molar-refractivity contribution in [2.24, 2.45) is 0 Å². The van der Waals surface area contributed by atoms with Crippen LogP contribution < -0.4 is 4.90 Å². The van der Waals surface area contributed by atoms with Crippen molar-refractivity contribution in [2.75, 3.05) is 11.4 Å². The van der Waals surface area contributed by atoms with Gasteiger partial charge in [0.2, 0.25) is 5.95 Å². The molecule has 0 saturated carbocycles. The van der Waals surface area contributed by atoms with E-state index in [1.54, 1.807) is 12.4 Å². The van der Waals surface area contributed by atoms with Crippen molar-refractivity contribution in [1.82, 2.24) is 29.9 Å². The van der Waals surface area contributed by atoms with E-state index < -0.39 is 0 Å². The van der Waals surface area contributed by atoms with Crippen LogP contribution in [0, 0.1) is 0 Å². The predicted octanol–water partition coefficient (Wildman–Crippen LogP) is 4.01. The highest BCUT2D eigenvalue weighted by Gasteiger charge is 2.29. The molecule has 1 aliphatic heterocycles. The number of rotatable bonds is 4. The zero-order valence-corrected chi connectivity index (χ0v) is 16.5. The van der Waals surface area contributed by atoms with Gasteiger partial charge in [-0.1, -0.05) is 22.8 Å². The molecule has 0 fully saturated rings. The van der Waals surface area contributed by atoms with Crippen LogP contribution in [0.4, 0.5) is 5.95 Å². The van der Waals surface area contributed by atoms with Crippen molar-refractivity contribution < 1.29 is 4.52 Å². The summed E-state index contributed by atoms with van der Waals surface area (Å²) in [6, 6.07) is 11.1. The summed E-state index contributed by atoms with van der Waals surface area (Å²) in [5.41, 5.74) is 1.79. The average molecular weight is 408 g/mol. The summed E-state index contributed by atoms with van der Waals surface area (Å²) >= 11 is 6.07. The summed E-state index contributed by atoms with van der Waals surface area (Å²) < 4.78 is 7.62. The highest BCUT2D eigenvalue weighted by molar-refractivity contribution is 6.30. The van der Waals surface area contributed by atoms with Gasteiger partial charge >= 0.3 is 0 Å². The quantitative estimate of drug-likeness (QED) is 0.505. The Hall–Kier alpha value is -3.26. The van der Waals surface area contributed by atoms with Crippen LogP contribution in [0.25, 0.3) is 22.8 Å². The first-order valence-corrected chi connectivity index (χ1v) is 9.78. The second-order valence-corrected chi connectivity index (χ2v) is 7.34. The molecule has 0 unspecified atom stereocenters. The van der Waals surface area contributed by atoms with Crippen molar-refractivity contribution in [3.05, 3.63) is 59.6 Å². The van der Waals surface area contributed by atoms with Gasteiger partial charge in [0.1, 0.15) is 0 Å². The number of halogens is 1. The fourth-order valence-corrected chi connectivity index (χ4v) is 3.77. The van der Waals surface area contributed by atoms with Crippen molar-refractivity contribution >= 4 is 17.5 Å². The van der Waals surface area contributed by atoms with Gasteiger partial charge in [-0.25, -0.2) is 0 Å². The van der Waals surface area contributed by atoms with Gasteiger partial charge in [-0.05, 0) is 43.7 Å². The molecule has 146 valence electrons. The average Bonchev–Trinajstić information content (AvgIpc) is 3.41. The van der Waals surface area contributed by atoms with Gasteiger partial charge in [0.05, 0.1) is 6.04 Å².